The number of rotatable bonds is 11. The van der Waals surface area contributed by atoms with Gasteiger partial charge in [-0.2, -0.15) is 11.3 Å². The van der Waals surface area contributed by atoms with Crippen LogP contribution in [-0.2, 0) is 6.54 Å². The van der Waals surface area contributed by atoms with E-state index in [0.717, 1.165) is 54.5 Å². The van der Waals surface area contributed by atoms with Crippen molar-refractivity contribution in [3.8, 4) is 11.3 Å². The number of anilines is 1. The van der Waals surface area contributed by atoms with Gasteiger partial charge in [-0.3, -0.25) is 14.0 Å². The van der Waals surface area contributed by atoms with Gasteiger partial charge >= 0.3 is 0 Å². The van der Waals surface area contributed by atoms with Crippen LogP contribution in [0.5, 0.6) is 0 Å². The molecule has 9 nitrogen and oxygen atoms in total. The number of thiophene rings is 1. The third-order valence-corrected chi connectivity index (χ3v) is 7.81. The van der Waals surface area contributed by atoms with Crippen molar-refractivity contribution in [2.45, 2.75) is 26.3 Å². The lowest BCUT2D eigenvalue weighted by Crippen LogP contribution is -2.29. The van der Waals surface area contributed by atoms with Gasteiger partial charge < -0.3 is 21.3 Å². The number of nitrogens with one attached hydrogen (secondary N) is 2. The summed E-state index contributed by atoms with van der Waals surface area (Å²) in [6, 6.07) is 11.6. The number of imidazole rings is 1. The Hall–Kier alpha value is -3.64. The average Bonchev–Trinajstić information content (AvgIpc) is 3.69. The molecule has 0 fully saturated rings. The number of nitrogen functional groups attached to an aromatic ring is 1. The number of hydrogen-bond donors (Lipinski definition) is 3. The standard InChI is InChI=1S/C20H24N4O2S.C9H11N3S/c1-3-9-23(2)10-5-8-21-20(26)18-17(16-7-12-27-14-16)22-19-15(13-25)6-4-11-24(18)19;1-11-5-6-2-3-7-8(4-6)13-9(10)12-7/h4,6-7,11-14H,3,5,8-10H2,1-2H3,(H,21,26);2-4,11H,5H2,1H3,(H2,10,12). The quantitative estimate of drug-likeness (QED) is 0.150. The topological polar surface area (TPSA) is 118 Å². The van der Waals surface area contributed by atoms with Gasteiger partial charge in [0.25, 0.3) is 5.91 Å². The predicted octanol–water partition coefficient (Wildman–Crippen LogP) is 4.93. The number of aldehydes is 1. The summed E-state index contributed by atoms with van der Waals surface area (Å²) in [5.74, 6) is -0.176. The molecular weight excluding hydrogens is 543 g/mol. The van der Waals surface area contributed by atoms with Crippen molar-refractivity contribution in [2.24, 2.45) is 0 Å². The highest BCUT2D eigenvalue weighted by atomic mass is 32.1. The van der Waals surface area contributed by atoms with Crippen molar-refractivity contribution in [1.82, 2.24) is 29.9 Å². The van der Waals surface area contributed by atoms with E-state index in [-0.39, 0.29) is 5.91 Å². The second kappa shape index (κ2) is 14.1. The maximum absolute atomic E-state index is 12.9. The first-order valence-electron chi connectivity index (χ1n) is 13.2. The first-order valence-corrected chi connectivity index (χ1v) is 15.0. The van der Waals surface area contributed by atoms with Crippen LogP contribution in [0.3, 0.4) is 0 Å². The Morgan fingerprint density at radius 3 is 2.77 bits per heavy atom. The van der Waals surface area contributed by atoms with Crippen molar-refractivity contribution < 1.29 is 9.59 Å². The molecule has 1 aromatic carbocycles. The number of hydrogen-bond acceptors (Lipinski definition) is 9. The van der Waals surface area contributed by atoms with Crippen molar-refractivity contribution in [3.05, 3.63) is 70.2 Å². The molecule has 0 bridgehead atoms. The van der Waals surface area contributed by atoms with Crippen molar-refractivity contribution >= 4 is 55.9 Å². The number of benzene rings is 1. The van der Waals surface area contributed by atoms with Crippen molar-refractivity contribution in [3.63, 3.8) is 0 Å². The minimum atomic E-state index is -0.176. The van der Waals surface area contributed by atoms with E-state index in [1.807, 2.05) is 29.9 Å². The lowest BCUT2D eigenvalue weighted by molar-refractivity contribution is 0.0946. The fraction of sp³-hybridized carbons (Fsp3) is 0.310. The van der Waals surface area contributed by atoms with E-state index < -0.39 is 0 Å². The Kier molecular flexibility index (Phi) is 10.4. The molecule has 4 aromatic heterocycles. The lowest BCUT2D eigenvalue weighted by Gasteiger charge is -2.15. The molecule has 0 aliphatic rings. The third kappa shape index (κ3) is 7.11. The predicted molar refractivity (Wildman–Crippen MR) is 165 cm³/mol. The van der Waals surface area contributed by atoms with Crippen molar-refractivity contribution in [2.75, 3.05) is 39.5 Å². The monoisotopic (exact) mass is 577 g/mol. The van der Waals surface area contributed by atoms with Crippen LogP contribution in [0, 0.1) is 0 Å². The second-order valence-corrected chi connectivity index (χ2v) is 11.2. The van der Waals surface area contributed by atoms with Gasteiger partial charge in [0.2, 0.25) is 0 Å². The van der Waals surface area contributed by atoms with E-state index in [0.29, 0.717) is 34.3 Å². The second-order valence-electron chi connectivity index (χ2n) is 9.39. The number of pyridine rings is 1. The van der Waals surface area contributed by atoms with E-state index >= 15 is 0 Å². The van der Waals surface area contributed by atoms with Gasteiger partial charge in [0.1, 0.15) is 17.0 Å². The number of aromatic nitrogens is 3. The van der Waals surface area contributed by atoms with Crippen LogP contribution in [0.15, 0.2) is 53.4 Å². The zero-order valence-electron chi connectivity index (χ0n) is 23.0. The zero-order valence-corrected chi connectivity index (χ0v) is 24.6. The molecule has 5 rings (SSSR count). The molecule has 0 atom stereocenters. The number of thiazole rings is 1. The highest BCUT2D eigenvalue weighted by Gasteiger charge is 2.22. The summed E-state index contributed by atoms with van der Waals surface area (Å²) in [4.78, 5) is 35.3. The number of carbonyl (C=O) groups excluding carboxylic acids is 2. The molecule has 4 N–H and O–H groups in total. The van der Waals surface area contributed by atoms with Crippen LogP contribution in [0.4, 0.5) is 5.13 Å². The van der Waals surface area contributed by atoms with Crippen molar-refractivity contribution in [1.29, 1.82) is 0 Å². The molecule has 210 valence electrons. The average molecular weight is 578 g/mol. The zero-order chi connectivity index (χ0) is 28.5. The highest BCUT2D eigenvalue weighted by Crippen LogP contribution is 2.27. The molecule has 0 spiro atoms. The largest absolute Gasteiger partial charge is 0.375 e. The Bertz CT molecular complexity index is 1560. The fourth-order valence-corrected chi connectivity index (χ4v) is 5.87. The molecule has 0 radical (unpaired) electrons. The first-order chi connectivity index (χ1) is 19.4. The summed E-state index contributed by atoms with van der Waals surface area (Å²) in [7, 11) is 4.02. The van der Waals surface area contributed by atoms with Crippen LogP contribution in [0.2, 0.25) is 0 Å². The molecule has 4 heterocycles. The fourth-order valence-electron chi connectivity index (χ4n) is 4.43. The molecule has 5 aromatic rings. The van der Waals surface area contributed by atoms with Crippen LogP contribution >= 0.6 is 22.7 Å². The normalized spacial score (nSPS) is 11.1. The van der Waals surface area contributed by atoms with E-state index in [4.69, 9.17) is 5.73 Å². The van der Waals surface area contributed by atoms with Crippen LogP contribution in [0.25, 0.3) is 27.1 Å². The third-order valence-electron chi connectivity index (χ3n) is 6.27. The number of nitrogens with zero attached hydrogens (tertiary/aromatic N) is 4. The van der Waals surface area contributed by atoms with Gasteiger partial charge in [-0.15, -0.1) is 0 Å². The van der Waals surface area contributed by atoms with Gasteiger partial charge in [-0.25, -0.2) is 9.97 Å². The molecule has 0 saturated heterocycles. The summed E-state index contributed by atoms with van der Waals surface area (Å²) >= 11 is 3.08. The summed E-state index contributed by atoms with van der Waals surface area (Å²) in [5, 5.41) is 10.7. The van der Waals surface area contributed by atoms with Gasteiger partial charge in [0.05, 0.1) is 15.8 Å². The highest BCUT2D eigenvalue weighted by molar-refractivity contribution is 7.22. The number of carbonyl (C=O) groups is 2. The molecule has 0 aliphatic heterocycles. The molecule has 0 unspecified atom stereocenters. The maximum atomic E-state index is 12.9. The van der Waals surface area contributed by atoms with Crippen LogP contribution < -0.4 is 16.4 Å². The summed E-state index contributed by atoms with van der Waals surface area (Å²) in [6.45, 7) is 5.62. The minimum Gasteiger partial charge on any atom is -0.375 e. The number of nitrogens with two attached hydrogens (primary N) is 1. The minimum absolute atomic E-state index is 0.176. The lowest BCUT2D eigenvalue weighted by atomic mass is 10.2. The van der Waals surface area contributed by atoms with E-state index in [2.05, 4.69) is 51.6 Å². The SMILES string of the molecule is CCCN(C)CCCNC(=O)c1c(-c2ccsc2)nc2c(C=O)cccn12.CNCc1ccc2nc(N)sc2c1. The molecule has 1 amide bonds. The molecule has 40 heavy (non-hydrogen) atoms. The Morgan fingerprint density at radius 1 is 1.20 bits per heavy atom. The van der Waals surface area contributed by atoms with Gasteiger partial charge in [-0.1, -0.05) is 24.3 Å². The Balaban J connectivity index is 0.000000236. The molecule has 0 aliphatic carbocycles. The summed E-state index contributed by atoms with van der Waals surface area (Å²) in [6.07, 6.45) is 4.54. The Morgan fingerprint density at radius 2 is 2.05 bits per heavy atom. The molecular formula is C29H35N7O2S2. The van der Waals surface area contributed by atoms with Crippen LogP contribution in [0.1, 0.15) is 46.2 Å². The number of fused-ring (bicyclic) bond motifs is 2. The van der Waals surface area contributed by atoms with E-state index in [9.17, 15) is 9.59 Å². The van der Waals surface area contributed by atoms with Crippen LogP contribution in [-0.4, -0.2) is 65.2 Å². The molecule has 0 saturated carbocycles. The maximum Gasteiger partial charge on any atom is 0.270 e. The first kappa shape index (κ1) is 29.3. The Labute approximate surface area is 242 Å². The van der Waals surface area contributed by atoms with E-state index in [1.165, 1.54) is 16.9 Å². The van der Waals surface area contributed by atoms with E-state index in [1.54, 1.807) is 34.1 Å². The van der Waals surface area contributed by atoms with Gasteiger partial charge in [-0.05, 0) is 81.3 Å². The number of amides is 1. The molecule has 11 heteroatoms. The summed E-state index contributed by atoms with van der Waals surface area (Å²) in [5.41, 5.74) is 10.8. The van der Waals surface area contributed by atoms with Gasteiger partial charge in [0, 0.05) is 30.2 Å². The summed E-state index contributed by atoms with van der Waals surface area (Å²) < 4.78 is 2.86. The smallest absolute Gasteiger partial charge is 0.270 e. The van der Waals surface area contributed by atoms with Gasteiger partial charge in [0.15, 0.2) is 11.4 Å².